The van der Waals surface area contributed by atoms with Crippen LogP contribution in [0, 0.1) is 0 Å². The maximum atomic E-state index is 8.84. The molecule has 0 saturated carbocycles. The molecule has 4 heteroatoms. The normalized spacial score (nSPS) is 23.2. The molecule has 1 aliphatic heterocycles. The fourth-order valence-corrected chi connectivity index (χ4v) is 1.72. The Hall–Kier alpha value is -0.160. The number of hydrogen-bond acceptors (Lipinski definition) is 4. The molecule has 0 bridgehead atoms. The molecular weight excluding hydrogens is 194 g/mol. The molecule has 1 fully saturated rings. The summed E-state index contributed by atoms with van der Waals surface area (Å²) in [4.78, 5) is 0. The summed E-state index contributed by atoms with van der Waals surface area (Å²) in [5.74, 6) is 0. The van der Waals surface area contributed by atoms with E-state index in [1.54, 1.807) is 0 Å². The third-order valence-corrected chi connectivity index (χ3v) is 2.71. The van der Waals surface area contributed by atoms with Crippen LogP contribution in [0.1, 0.15) is 32.6 Å². The zero-order chi connectivity index (χ0) is 10.9. The molecule has 0 aromatic rings. The molecule has 4 nitrogen and oxygen atoms in total. The maximum absolute atomic E-state index is 8.84. The highest BCUT2D eigenvalue weighted by Crippen LogP contribution is 2.10. The van der Waals surface area contributed by atoms with Crippen LogP contribution in [0.25, 0.3) is 0 Å². The van der Waals surface area contributed by atoms with Crippen LogP contribution < -0.4 is 5.32 Å². The van der Waals surface area contributed by atoms with E-state index in [0.717, 1.165) is 26.1 Å². The van der Waals surface area contributed by atoms with Gasteiger partial charge in [0.05, 0.1) is 26.0 Å². The molecule has 1 heterocycles. The highest BCUT2D eigenvalue weighted by atomic mass is 16.5. The Morgan fingerprint density at radius 2 is 2.47 bits per heavy atom. The summed E-state index contributed by atoms with van der Waals surface area (Å²) < 4.78 is 11.0. The van der Waals surface area contributed by atoms with Crippen LogP contribution in [0.5, 0.6) is 0 Å². The molecule has 15 heavy (non-hydrogen) atoms. The quantitative estimate of drug-likeness (QED) is 0.593. The lowest BCUT2D eigenvalue weighted by atomic mass is 10.1. The predicted molar refractivity (Wildman–Crippen MR) is 58.7 cm³/mol. The highest BCUT2D eigenvalue weighted by Gasteiger charge is 2.17. The lowest BCUT2D eigenvalue weighted by molar-refractivity contribution is 0.0244. The van der Waals surface area contributed by atoms with Gasteiger partial charge in [0.25, 0.3) is 0 Å². The Labute approximate surface area is 92.0 Å². The first-order valence-corrected chi connectivity index (χ1v) is 5.90. The van der Waals surface area contributed by atoms with Gasteiger partial charge in [-0.2, -0.15) is 0 Å². The zero-order valence-corrected chi connectivity index (χ0v) is 9.58. The van der Waals surface area contributed by atoms with Gasteiger partial charge in [0.15, 0.2) is 0 Å². The number of ether oxygens (including phenoxy) is 2. The van der Waals surface area contributed by atoms with E-state index in [2.05, 4.69) is 12.2 Å². The summed E-state index contributed by atoms with van der Waals surface area (Å²) in [6.07, 6.45) is 4.66. The average molecular weight is 217 g/mol. The zero-order valence-electron chi connectivity index (χ0n) is 9.58. The lowest BCUT2D eigenvalue weighted by Gasteiger charge is -2.19. The molecule has 2 atom stereocenters. The summed E-state index contributed by atoms with van der Waals surface area (Å²) in [6, 6.07) is 0.274. The Bertz CT molecular complexity index is 149. The molecule has 1 aliphatic rings. The number of rotatable bonds is 8. The molecule has 0 aliphatic carbocycles. The second-order valence-electron chi connectivity index (χ2n) is 4.02. The van der Waals surface area contributed by atoms with Gasteiger partial charge in [-0.3, -0.25) is 5.32 Å². The molecule has 90 valence electrons. The SMILES string of the molecule is CCCCC(COC1CCOC1)NCO. The molecule has 0 aromatic carbocycles. The first-order valence-electron chi connectivity index (χ1n) is 5.90. The average Bonchev–Trinajstić information content (AvgIpc) is 2.75. The van der Waals surface area contributed by atoms with Crippen LogP contribution in [0.3, 0.4) is 0 Å². The summed E-state index contributed by atoms with van der Waals surface area (Å²) in [7, 11) is 0. The first-order chi connectivity index (χ1) is 7.36. The maximum Gasteiger partial charge on any atom is 0.0934 e. The van der Waals surface area contributed by atoms with E-state index < -0.39 is 0 Å². The van der Waals surface area contributed by atoms with Crippen molar-refractivity contribution in [1.29, 1.82) is 0 Å². The fourth-order valence-electron chi connectivity index (χ4n) is 1.72. The number of hydrogen-bond donors (Lipinski definition) is 2. The van der Waals surface area contributed by atoms with Crippen LogP contribution in [0.15, 0.2) is 0 Å². The molecule has 1 rings (SSSR count). The standard InChI is InChI=1S/C11H23NO3/c1-2-3-4-10(12-9-13)7-15-11-5-6-14-8-11/h10-13H,2-9H2,1H3. The topological polar surface area (TPSA) is 50.7 Å². The number of aliphatic hydroxyl groups excluding tert-OH is 1. The van der Waals surface area contributed by atoms with Gasteiger partial charge >= 0.3 is 0 Å². The van der Waals surface area contributed by atoms with Crippen molar-refractivity contribution >= 4 is 0 Å². The van der Waals surface area contributed by atoms with E-state index in [-0.39, 0.29) is 18.9 Å². The van der Waals surface area contributed by atoms with Gasteiger partial charge in [0, 0.05) is 12.6 Å². The Kier molecular flexibility index (Phi) is 6.92. The van der Waals surface area contributed by atoms with Crippen LogP contribution >= 0.6 is 0 Å². The van der Waals surface area contributed by atoms with Crippen molar-refractivity contribution in [2.45, 2.75) is 44.8 Å². The minimum atomic E-state index is 0.0267. The minimum Gasteiger partial charge on any atom is -0.381 e. The summed E-state index contributed by atoms with van der Waals surface area (Å²) in [6.45, 7) is 4.41. The van der Waals surface area contributed by atoms with Gasteiger partial charge in [0.1, 0.15) is 0 Å². The molecule has 1 saturated heterocycles. The van der Waals surface area contributed by atoms with Crippen molar-refractivity contribution in [3.8, 4) is 0 Å². The van der Waals surface area contributed by atoms with Crippen molar-refractivity contribution in [1.82, 2.24) is 5.32 Å². The van der Waals surface area contributed by atoms with Gasteiger partial charge in [0.2, 0.25) is 0 Å². The highest BCUT2D eigenvalue weighted by molar-refractivity contribution is 4.68. The van der Waals surface area contributed by atoms with Crippen LogP contribution in [0.2, 0.25) is 0 Å². The van der Waals surface area contributed by atoms with Crippen LogP contribution in [-0.4, -0.2) is 43.8 Å². The van der Waals surface area contributed by atoms with E-state index in [1.807, 2.05) is 0 Å². The van der Waals surface area contributed by atoms with Gasteiger partial charge in [-0.1, -0.05) is 19.8 Å². The number of aliphatic hydroxyl groups is 1. The summed E-state index contributed by atoms with van der Waals surface area (Å²) in [5, 5.41) is 11.9. The molecule has 0 aromatic heterocycles. The lowest BCUT2D eigenvalue weighted by Crippen LogP contribution is -2.35. The van der Waals surface area contributed by atoms with E-state index in [0.29, 0.717) is 6.61 Å². The van der Waals surface area contributed by atoms with E-state index in [1.165, 1.54) is 12.8 Å². The fraction of sp³-hybridized carbons (Fsp3) is 1.00. The largest absolute Gasteiger partial charge is 0.381 e. The van der Waals surface area contributed by atoms with E-state index in [4.69, 9.17) is 14.6 Å². The van der Waals surface area contributed by atoms with Crippen molar-refractivity contribution in [2.75, 3.05) is 26.6 Å². The number of unbranched alkanes of at least 4 members (excludes halogenated alkanes) is 1. The first kappa shape index (κ1) is 12.9. The third kappa shape index (κ3) is 5.47. The van der Waals surface area contributed by atoms with Crippen molar-refractivity contribution in [3.63, 3.8) is 0 Å². The predicted octanol–water partition coefficient (Wildman–Crippen LogP) is 0.890. The van der Waals surface area contributed by atoms with E-state index in [9.17, 15) is 0 Å². The van der Waals surface area contributed by atoms with Gasteiger partial charge < -0.3 is 14.6 Å². The van der Waals surface area contributed by atoms with Crippen LogP contribution in [0.4, 0.5) is 0 Å². The number of nitrogens with one attached hydrogen (secondary N) is 1. The summed E-state index contributed by atoms with van der Waals surface area (Å²) in [5.41, 5.74) is 0. The van der Waals surface area contributed by atoms with E-state index >= 15 is 0 Å². The molecule has 0 spiro atoms. The molecule has 0 amide bonds. The second-order valence-corrected chi connectivity index (χ2v) is 4.02. The Morgan fingerprint density at radius 3 is 3.07 bits per heavy atom. The van der Waals surface area contributed by atoms with Crippen molar-refractivity contribution < 1.29 is 14.6 Å². The van der Waals surface area contributed by atoms with Crippen molar-refractivity contribution in [3.05, 3.63) is 0 Å². The monoisotopic (exact) mass is 217 g/mol. The Balaban J connectivity index is 2.11. The molecular formula is C11H23NO3. The van der Waals surface area contributed by atoms with Gasteiger partial charge in [-0.15, -0.1) is 0 Å². The van der Waals surface area contributed by atoms with Gasteiger partial charge in [-0.05, 0) is 12.8 Å². The molecule has 2 unspecified atom stereocenters. The van der Waals surface area contributed by atoms with Crippen LogP contribution in [-0.2, 0) is 9.47 Å². The minimum absolute atomic E-state index is 0.0267. The smallest absolute Gasteiger partial charge is 0.0934 e. The second kappa shape index (κ2) is 8.05. The Morgan fingerprint density at radius 1 is 1.60 bits per heavy atom. The van der Waals surface area contributed by atoms with Gasteiger partial charge in [-0.25, -0.2) is 0 Å². The summed E-state index contributed by atoms with van der Waals surface area (Å²) >= 11 is 0. The molecule has 0 radical (unpaired) electrons. The third-order valence-electron chi connectivity index (χ3n) is 2.71. The van der Waals surface area contributed by atoms with Crippen molar-refractivity contribution in [2.24, 2.45) is 0 Å². The molecule has 2 N–H and O–H groups in total.